The molecule has 2 aromatic carbocycles. The third-order valence-electron chi connectivity index (χ3n) is 11.3. The van der Waals surface area contributed by atoms with Gasteiger partial charge in [-0.05, 0) is 92.3 Å². The molecule has 0 spiro atoms. The number of carbonyl (C=O) groups is 1. The minimum atomic E-state index is -1.05. The minimum Gasteiger partial charge on any atom is -0.475 e. The van der Waals surface area contributed by atoms with Crippen LogP contribution in [0.2, 0.25) is 5.02 Å². The second kappa shape index (κ2) is 11.5. The summed E-state index contributed by atoms with van der Waals surface area (Å²) in [6.07, 6.45) is 6.71. The number of halogens is 2. The summed E-state index contributed by atoms with van der Waals surface area (Å²) in [5.74, 6) is -0.287. The zero-order valence-corrected chi connectivity index (χ0v) is 27.0. The number of anilines is 1. The first-order valence-electron chi connectivity index (χ1n) is 16.7. The van der Waals surface area contributed by atoms with Gasteiger partial charge in [0, 0.05) is 35.6 Å². The highest BCUT2D eigenvalue weighted by atomic mass is 35.5. The van der Waals surface area contributed by atoms with Crippen LogP contribution in [0.15, 0.2) is 42.7 Å². The van der Waals surface area contributed by atoms with Crippen LogP contribution in [0.1, 0.15) is 61.1 Å². The molecule has 4 heterocycles. The molecule has 1 aromatic heterocycles. The van der Waals surface area contributed by atoms with Gasteiger partial charge in [-0.2, -0.15) is 10.5 Å². The van der Waals surface area contributed by atoms with Crippen molar-refractivity contribution in [1.82, 2.24) is 14.8 Å². The molecule has 8 nitrogen and oxygen atoms in total. The van der Waals surface area contributed by atoms with E-state index in [1.807, 2.05) is 17.0 Å². The van der Waals surface area contributed by atoms with Crippen molar-refractivity contribution in [2.45, 2.75) is 62.4 Å². The van der Waals surface area contributed by atoms with Crippen LogP contribution in [0.25, 0.3) is 22.0 Å². The first kappa shape index (κ1) is 30.2. The highest BCUT2D eigenvalue weighted by molar-refractivity contribution is 6.34. The van der Waals surface area contributed by atoms with E-state index in [2.05, 4.69) is 41.8 Å². The Balaban J connectivity index is 1.25. The number of nitrogens with zero attached hydrogens (tertiary/aromatic N) is 6. The summed E-state index contributed by atoms with van der Waals surface area (Å²) in [6.45, 7) is 6.48. The van der Waals surface area contributed by atoms with E-state index in [0.717, 1.165) is 62.2 Å². The lowest BCUT2D eigenvalue weighted by Gasteiger charge is -2.42. The predicted molar refractivity (Wildman–Crippen MR) is 178 cm³/mol. The number of carbonyl (C=O) groups excluding carboxylic acids is 1. The van der Waals surface area contributed by atoms with Crippen molar-refractivity contribution in [2.24, 2.45) is 5.92 Å². The highest BCUT2D eigenvalue weighted by Gasteiger charge is 2.47. The maximum atomic E-state index is 14.0. The molecule has 10 heteroatoms. The number of amides is 1. The molecule has 4 fully saturated rings. The highest BCUT2D eigenvalue weighted by Crippen LogP contribution is 2.59. The maximum Gasteiger partial charge on any atom is 0.282 e. The number of piperazine rings is 1. The Kier molecular flexibility index (Phi) is 7.39. The SMILES string of the molecule is C=C(F)C(=O)N1CCN(c2c(C#N)c(OCC34CCCN3CCC4)nc3cc(-c4cccc5c4C4CC4C5)c(Cl)cc23)C[C@@H]1CC#N. The standard InChI is InChI=1S/C37H36ClFN6O2/c1-22(39)36(46)45-14-13-43(20-25(45)7-10-40)34-29-17-31(38)28(26-6-2-5-23-15-24-16-27(24)33(23)26)18-32(29)42-35(30(34)19-41)47-21-37-8-3-11-44(37)12-4-9-37/h2,5-6,17-18,24-25,27H,1,3-4,7-9,11-16,20-21H2/t24?,25-,27?/m0/s1. The number of pyridine rings is 1. The lowest BCUT2D eigenvalue weighted by atomic mass is 9.93. The van der Waals surface area contributed by atoms with Gasteiger partial charge in [0.1, 0.15) is 18.2 Å². The van der Waals surface area contributed by atoms with Crippen LogP contribution < -0.4 is 9.64 Å². The summed E-state index contributed by atoms with van der Waals surface area (Å²) in [5, 5.41) is 21.6. The first-order chi connectivity index (χ1) is 22.8. The zero-order chi connectivity index (χ0) is 32.4. The Morgan fingerprint density at radius 1 is 1.15 bits per heavy atom. The Morgan fingerprint density at radius 3 is 2.70 bits per heavy atom. The molecule has 8 rings (SSSR count). The number of benzene rings is 2. The van der Waals surface area contributed by atoms with E-state index in [1.54, 1.807) is 0 Å². The Bertz CT molecular complexity index is 1910. The van der Waals surface area contributed by atoms with Crippen molar-refractivity contribution in [2.75, 3.05) is 44.2 Å². The molecule has 3 aliphatic heterocycles. The summed E-state index contributed by atoms with van der Waals surface area (Å²) in [4.78, 5) is 23.6. The molecule has 1 saturated carbocycles. The topological polar surface area (TPSA) is 96.5 Å². The number of ether oxygens (including phenoxy) is 1. The average molecular weight is 651 g/mol. The van der Waals surface area contributed by atoms with Crippen LogP contribution in [-0.2, 0) is 11.2 Å². The van der Waals surface area contributed by atoms with Gasteiger partial charge in [0.05, 0.1) is 35.3 Å². The number of rotatable bonds is 7. The van der Waals surface area contributed by atoms with Crippen molar-refractivity contribution in [3.8, 4) is 29.1 Å². The van der Waals surface area contributed by atoms with Crippen LogP contribution in [0, 0.1) is 28.6 Å². The summed E-state index contributed by atoms with van der Waals surface area (Å²) < 4.78 is 20.5. The van der Waals surface area contributed by atoms with Gasteiger partial charge in [-0.3, -0.25) is 9.69 Å². The van der Waals surface area contributed by atoms with E-state index >= 15 is 0 Å². The van der Waals surface area contributed by atoms with Crippen molar-refractivity contribution in [3.05, 3.63) is 64.5 Å². The lowest BCUT2D eigenvalue weighted by Crippen LogP contribution is -2.55. The van der Waals surface area contributed by atoms with Gasteiger partial charge in [0.25, 0.3) is 5.91 Å². The Labute approximate surface area is 279 Å². The molecule has 240 valence electrons. The largest absolute Gasteiger partial charge is 0.475 e. The summed E-state index contributed by atoms with van der Waals surface area (Å²) in [5.41, 5.74) is 6.35. The molecule has 0 bridgehead atoms. The van der Waals surface area contributed by atoms with Gasteiger partial charge in [0.2, 0.25) is 5.88 Å². The third-order valence-corrected chi connectivity index (χ3v) is 11.6. The summed E-state index contributed by atoms with van der Waals surface area (Å²) >= 11 is 7.12. The van der Waals surface area contributed by atoms with Gasteiger partial charge in [-0.25, -0.2) is 9.37 Å². The molecule has 2 aliphatic carbocycles. The van der Waals surface area contributed by atoms with E-state index < -0.39 is 17.8 Å². The van der Waals surface area contributed by atoms with Crippen molar-refractivity contribution in [1.29, 1.82) is 10.5 Å². The Hall–Kier alpha value is -4.18. The van der Waals surface area contributed by atoms with Crippen LogP contribution in [0.3, 0.4) is 0 Å². The van der Waals surface area contributed by atoms with Gasteiger partial charge >= 0.3 is 0 Å². The predicted octanol–water partition coefficient (Wildman–Crippen LogP) is 6.51. The monoisotopic (exact) mass is 650 g/mol. The fourth-order valence-corrected chi connectivity index (χ4v) is 9.25. The van der Waals surface area contributed by atoms with E-state index in [-0.39, 0.29) is 30.9 Å². The zero-order valence-electron chi connectivity index (χ0n) is 26.3. The molecule has 3 aromatic rings. The second-order valence-corrected chi connectivity index (χ2v) is 14.3. The number of aromatic nitrogens is 1. The van der Waals surface area contributed by atoms with Crippen LogP contribution >= 0.6 is 11.6 Å². The van der Waals surface area contributed by atoms with Crippen LogP contribution in [-0.4, -0.2) is 71.6 Å². The van der Waals surface area contributed by atoms with E-state index in [0.29, 0.717) is 46.2 Å². The average Bonchev–Trinajstić information content (AvgIpc) is 3.35. The summed E-state index contributed by atoms with van der Waals surface area (Å²) in [7, 11) is 0. The van der Waals surface area contributed by atoms with Crippen LogP contribution in [0.4, 0.5) is 10.1 Å². The van der Waals surface area contributed by atoms with Crippen molar-refractivity contribution >= 4 is 34.1 Å². The Morgan fingerprint density at radius 2 is 1.96 bits per heavy atom. The molecular weight excluding hydrogens is 615 g/mol. The third kappa shape index (κ3) is 4.94. The number of hydrogen-bond acceptors (Lipinski definition) is 7. The fourth-order valence-electron chi connectivity index (χ4n) is 8.98. The van der Waals surface area contributed by atoms with Crippen molar-refractivity contribution in [3.63, 3.8) is 0 Å². The molecule has 3 saturated heterocycles. The van der Waals surface area contributed by atoms with E-state index in [9.17, 15) is 19.7 Å². The molecule has 2 unspecified atom stereocenters. The summed E-state index contributed by atoms with van der Waals surface area (Å²) in [6, 6.07) is 14.3. The molecule has 5 aliphatic rings. The van der Waals surface area contributed by atoms with Gasteiger partial charge in [0.15, 0.2) is 5.83 Å². The number of hydrogen-bond donors (Lipinski definition) is 0. The van der Waals surface area contributed by atoms with Gasteiger partial charge in [-0.1, -0.05) is 36.4 Å². The maximum absolute atomic E-state index is 14.0. The number of nitriles is 2. The molecular formula is C37H36ClFN6O2. The molecule has 1 amide bonds. The van der Waals surface area contributed by atoms with Gasteiger partial charge in [-0.15, -0.1) is 0 Å². The fraction of sp³-hybridized carbons (Fsp3) is 0.459. The normalized spacial score (nSPS) is 24.0. The van der Waals surface area contributed by atoms with Gasteiger partial charge < -0.3 is 14.5 Å². The smallest absolute Gasteiger partial charge is 0.282 e. The molecule has 0 N–H and O–H groups in total. The van der Waals surface area contributed by atoms with Crippen LogP contribution in [0.5, 0.6) is 5.88 Å². The molecule has 3 atom stereocenters. The first-order valence-corrected chi connectivity index (χ1v) is 17.0. The number of fused-ring (bicyclic) bond motifs is 5. The van der Waals surface area contributed by atoms with E-state index in [1.165, 1.54) is 22.4 Å². The quantitative estimate of drug-likeness (QED) is 0.269. The second-order valence-electron chi connectivity index (χ2n) is 13.9. The molecule has 47 heavy (non-hydrogen) atoms. The lowest BCUT2D eigenvalue weighted by molar-refractivity contribution is -0.131. The van der Waals surface area contributed by atoms with E-state index in [4.69, 9.17) is 21.3 Å². The minimum absolute atomic E-state index is 0.00825. The molecule has 0 radical (unpaired) electrons. The van der Waals surface area contributed by atoms with Crippen molar-refractivity contribution < 1.29 is 13.9 Å².